The highest BCUT2D eigenvalue weighted by molar-refractivity contribution is 5.44. The van der Waals surface area contributed by atoms with Gasteiger partial charge in [-0.2, -0.15) is 0 Å². The van der Waals surface area contributed by atoms with Gasteiger partial charge >= 0.3 is 0 Å². The maximum absolute atomic E-state index is 8.89. The lowest BCUT2D eigenvalue weighted by Crippen LogP contribution is -2.26. The minimum absolute atomic E-state index is 0.0352. The van der Waals surface area contributed by atoms with Gasteiger partial charge in [0.05, 0.1) is 24.2 Å². The molecule has 84 valence electrons. The zero-order valence-corrected chi connectivity index (χ0v) is 9.35. The van der Waals surface area contributed by atoms with Crippen LogP contribution in [0.1, 0.15) is 25.6 Å². The summed E-state index contributed by atoms with van der Waals surface area (Å²) in [6.45, 7) is 5.61. The number of anilines is 1. The number of nitrogens with zero attached hydrogens (tertiary/aromatic N) is 2. The average molecular weight is 209 g/mol. The largest absolute Gasteiger partial charge is 0.395 e. The second-order valence-corrected chi connectivity index (χ2v) is 3.53. The van der Waals surface area contributed by atoms with Crippen LogP contribution < -0.4 is 10.6 Å². The van der Waals surface area contributed by atoms with E-state index in [-0.39, 0.29) is 12.6 Å². The summed E-state index contributed by atoms with van der Waals surface area (Å²) in [6, 6.07) is 3.89. The SMILES string of the molecule is CCN(CCO)c1ccc([C@H](C)N)nc1. The molecule has 0 spiro atoms. The Morgan fingerprint density at radius 1 is 1.53 bits per heavy atom. The Kier molecular flexibility index (Phi) is 4.52. The summed E-state index contributed by atoms with van der Waals surface area (Å²) < 4.78 is 0. The van der Waals surface area contributed by atoms with Gasteiger partial charge in [-0.15, -0.1) is 0 Å². The summed E-state index contributed by atoms with van der Waals surface area (Å²) in [4.78, 5) is 6.35. The van der Waals surface area contributed by atoms with E-state index in [0.717, 1.165) is 17.9 Å². The van der Waals surface area contributed by atoms with Crippen LogP contribution in [-0.2, 0) is 0 Å². The highest BCUT2D eigenvalue weighted by atomic mass is 16.3. The van der Waals surface area contributed by atoms with Gasteiger partial charge in [0.25, 0.3) is 0 Å². The fraction of sp³-hybridized carbons (Fsp3) is 0.545. The molecule has 15 heavy (non-hydrogen) atoms. The molecule has 4 nitrogen and oxygen atoms in total. The molecule has 0 aliphatic rings. The van der Waals surface area contributed by atoms with Crippen LogP contribution in [0.2, 0.25) is 0 Å². The van der Waals surface area contributed by atoms with Gasteiger partial charge in [0, 0.05) is 19.1 Å². The number of nitrogens with two attached hydrogens (primary N) is 1. The smallest absolute Gasteiger partial charge is 0.0606 e. The van der Waals surface area contributed by atoms with Crippen molar-refractivity contribution in [2.75, 3.05) is 24.6 Å². The van der Waals surface area contributed by atoms with E-state index in [1.54, 1.807) is 6.20 Å². The number of likely N-dealkylation sites (N-methyl/N-ethyl adjacent to an activating group) is 1. The van der Waals surface area contributed by atoms with Gasteiger partial charge in [0.2, 0.25) is 0 Å². The van der Waals surface area contributed by atoms with Crippen molar-refractivity contribution in [2.45, 2.75) is 19.9 Å². The summed E-state index contributed by atoms with van der Waals surface area (Å²) in [5.74, 6) is 0. The van der Waals surface area contributed by atoms with E-state index in [2.05, 4.69) is 16.8 Å². The zero-order valence-electron chi connectivity index (χ0n) is 9.35. The number of aromatic nitrogens is 1. The number of pyridine rings is 1. The minimum atomic E-state index is -0.0352. The molecule has 1 aromatic heterocycles. The topological polar surface area (TPSA) is 62.4 Å². The normalized spacial score (nSPS) is 12.5. The van der Waals surface area contributed by atoms with Crippen LogP contribution in [0.3, 0.4) is 0 Å². The fourth-order valence-corrected chi connectivity index (χ4v) is 1.44. The van der Waals surface area contributed by atoms with Gasteiger partial charge in [-0.1, -0.05) is 0 Å². The van der Waals surface area contributed by atoms with E-state index in [4.69, 9.17) is 10.8 Å². The lowest BCUT2D eigenvalue weighted by atomic mass is 10.2. The van der Waals surface area contributed by atoms with Gasteiger partial charge in [-0.05, 0) is 26.0 Å². The van der Waals surface area contributed by atoms with Crippen molar-refractivity contribution >= 4 is 5.69 Å². The molecule has 1 aromatic rings. The molecule has 0 fully saturated rings. The lowest BCUT2D eigenvalue weighted by molar-refractivity contribution is 0.302. The molecule has 1 heterocycles. The molecule has 4 heteroatoms. The first-order valence-corrected chi connectivity index (χ1v) is 5.26. The maximum atomic E-state index is 8.89. The third-order valence-electron chi connectivity index (χ3n) is 2.35. The van der Waals surface area contributed by atoms with Gasteiger partial charge < -0.3 is 15.7 Å². The van der Waals surface area contributed by atoms with E-state index in [9.17, 15) is 0 Å². The summed E-state index contributed by atoms with van der Waals surface area (Å²) in [6.07, 6.45) is 1.80. The van der Waals surface area contributed by atoms with Gasteiger partial charge in [0.15, 0.2) is 0 Å². The van der Waals surface area contributed by atoms with Crippen molar-refractivity contribution in [2.24, 2.45) is 5.73 Å². The average Bonchev–Trinajstić information content (AvgIpc) is 2.26. The van der Waals surface area contributed by atoms with Crippen LogP contribution in [0.15, 0.2) is 18.3 Å². The van der Waals surface area contributed by atoms with Crippen LogP contribution in [0.25, 0.3) is 0 Å². The predicted octanol–water partition coefficient (Wildman–Crippen LogP) is 0.920. The molecule has 0 aliphatic heterocycles. The van der Waals surface area contributed by atoms with E-state index in [1.165, 1.54) is 0 Å². The molecule has 0 unspecified atom stereocenters. The van der Waals surface area contributed by atoms with E-state index >= 15 is 0 Å². The Bertz CT molecular complexity index is 284. The van der Waals surface area contributed by atoms with Gasteiger partial charge in [-0.25, -0.2) is 0 Å². The highest BCUT2D eigenvalue weighted by Gasteiger charge is 2.05. The first-order valence-electron chi connectivity index (χ1n) is 5.26. The first kappa shape index (κ1) is 11.9. The van der Waals surface area contributed by atoms with Crippen LogP contribution in [0.4, 0.5) is 5.69 Å². The molecule has 3 N–H and O–H groups in total. The van der Waals surface area contributed by atoms with E-state index < -0.39 is 0 Å². The van der Waals surface area contributed by atoms with Crippen molar-refractivity contribution in [3.63, 3.8) is 0 Å². The standard InChI is InChI=1S/C11H19N3O/c1-3-14(6-7-15)10-4-5-11(9(2)12)13-8-10/h4-5,8-9,15H,3,6-7,12H2,1-2H3/t9-/m0/s1. The summed E-state index contributed by atoms with van der Waals surface area (Å²) in [7, 11) is 0. The van der Waals surface area contributed by atoms with Gasteiger partial charge in [0.1, 0.15) is 0 Å². The monoisotopic (exact) mass is 209 g/mol. The van der Waals surface area contributed by atoms with Crippen molar-refractivity contribution in [3.05, 3.63) is 24.0 Å². The van der Waals surface area contributed by atoms with Crippen LogP contribution in [-0.4, -0.2) is 29.8 Å². The number of hydrogen-bond acceptors (Lipinski definition) is 4. The molecule has 1 rings (SSSR count). The second-order valence-electron chi connectivity index (χ2n) is 3.53. The number of rotatable bonds is 5. The molecule has 0 aromatic carbocycles. The number of aliphatic hydroxyl groups is 1. The molecular formula is C11H19N3O. The Morgan fingerprint density at radius 3 is 2.67 bits per heavy atom. The Balaban J connectivity index is 2.77. The Labute approximate surface area is 90.7 Å². The quantitative estimate of drug-likeness (QED) is 0.757. The van der Waals surface area contributed by atoms with Gasteiger partial charge in [-0.3, -0.25) is 4.98 Å². The summed E-state index contributed by atoms with van der Waals surface area (Å²) in [5, 5.41) is 8.89. The second kappa shape index (κ2) is 5.68. The highest BCUT2D eigenvalue weighted by Crippen LogP contribution is 2.14. The fourth-order valence-electron chi connectivity index (χ4n) is 1.44. The minimum Gasteiger partial charge on any atom is -0.395 e. The van der Waals surface area contributed by atoms with E-state index in [1.807, 2.05) is 19.1 Å². The molecule has 0 amide bonds. The molecule has 0 radical (unpaired) electrons. The third kappa shape index (κ3) is 3.18. The van der Waals surface area contributed by atoms with Crippen molar-refractivity contribution in [1.29, 1.82) is 0 Å². The summed E-state index contributed by atoms with van der Waals surface area (Å²) in [5.41, 5.74) is 7.63. The number of hydrogen-bond donors (Lipinski definition) is 2. The zero-order chi connectivity index (χ0) is 11.3. The third-order valence-corrected chi connectivity index (χ3v) is 2.35. The lowest BCUT2D eigenvalue weighted by Gasteiger charge is -2.21. The molecule has 0 saturated carbocycles. The molecular weight excluding hydrogens is 190 g/mol. The molecule has 0 saturated heterocycles. The maximum Gasteiger partial charge on any atom is 0.0606 e. The van der Waals surface area contributed by atoms with Crippen molar-refractivity contribution in [1.82, 2.24) is 4.98 Å². The van der Waals surface area contributed by atoms with Crippen LogP contribution in [0.5, 0.6) is 0 Å². The van der Waals surface area contributed by atoms with Crippen molar-refractivity contribution in [3.8, 4) is 0 Å². The van der Waals surface area contributed by atoms with Crippen LogP contribution >= 0.6 is 0 Å². The molecule has 0 bridgehead atoms. The Hall–Kier alpha value is -1.13. The first-order chi connectivity index (χ1) is 7.19. The van der Waals surface area contributed by atoms with E-state index in [0.29, 0.717) is 6.54 Å². The molecule has 1 atom stereocenters. The summed E-state index contributed by atoms with van der Waals surface area (Å²) >= 11 is 0. The molecule has 0 aliphatic carbocycles. The predicted molar refractivity (Wildman–Crippen MR) is 61.8 cm³/mol. The van der Waals surface area contributed by atoms with Crippen molar-refractivity contribution < 1.29 is 5.11 Å². The number of aliphatic hydroxyl groups excluding tert-OH is 1. The van der Waals surface area contributed by atoms with Crippen LogP contribution in [0, 0.1) is 0 Å². The Morgan fingerprint density at radius 2 is 2.27 bits per heavy atom.